The molecule has 0 fully saturated rings. The van der Waals surface area contributed by atoms with Gasteiger partial charge in [0.25, 0.3) is 10.0 Å². The highest BCUT2D eigenvalue weighted by Crippen LogP contribution is 2.28. The van der Waals surface area contributed by atoms with E-state index in [1.807, 2.05) is 27.7 Å². The third-order valence-electron chi connectivity index (χ3n) is 6.39. The maximum absolute atomic E-state index is 14.1. The van der Waals surface area contributed by atoms with Gasteiger partial charge in [-0.2, -0.15) is 0 Å². The van der Waals surface area contributed by atoms with Crippen LogP contribution in [0.3, 0.4) is 0 Å². The zero-order valence-electron chi connectivity index (χ0n) is 23.1. The highest BCUT2D eigenvalue weighted by atomic mass is 35.5. The number of carbonyl (C=O) groups is 2. The lowest BCUT2D eigenvalue weighted by molar-refractivity contribution is -0.140. The summed E-state index contributed by atoms with van der Waals surface area (Å²) < 4.78 is 28.7. The fourth-order valence-corrected chi connectivity index (χ4v) is 5.84. The van der Waals surface area contributed by atoms with Gasteiger partial charge in [0.1, 0.15) is 12.6 Å². The number of rotatable bonds is 12. The average Bonchev–Trinajstić information content (AvgIpc) is 2.93. The number of benzene rings is 3. The molecule has 0 bridgehead atoms. The molecule has 3 rings (SSSR count). The number of nitrogens with one attached hydrogen (secondary N) is 1. The Balaban J connectivity index is 2.05. The fraction of sp³-hybridized carbons (Fsp3) is 0.333. The minimum atomic E-state index is -4.16. The molecule has 0 aliphatic rings. The van der Waals surface area contributed by atoms with Gasteiger partial charge in [-0.1, -0.05) is 80.4 Å². The Morgan fingerprint density at radius 1 is 0.950 bits per heavy atom. The number of hydrogen-bond acceptors (Lipinski definition) is 4. The molecule has 1 N–H and O–H groups in total. The van der Waals surface area contributed by atoms with Crippen molar-refractivity contribution in [2.75, 3.05) is 17.4 Å². The molecule has 0 radical (unpaired) electrons. The van der Waals surface area contributed by atoms with E-state index in [9.17, 15) is 18.0 Å². The number of aryl methyl sites for hydroxylation is 1. The maximum Gasteiger partial charge on any atom is 0.264 e. The van der Waals surface area contributed by atoms with Gasteiger partial charge >= 0.3 is 0 Å². The summed E-state index contributed by atoms with van der Waals surface area (Å²) in [5, 5.41) is 3.83. The van der Waals surface area contributed by atoms with Crippen molar-refractivity contribution >= 4 is 50.7 Å². The Morgan fingerprint density at radius 2 is 1.60 bits per heavy atom. The molecule has 0 saturated carbocycles. The van der Waals surface area contributed by atoms with Gasteiger partial charge in [0.15, 0.2) is 0 Å². The monoisotopic (exact) mass is 603 g/mol. The van der Waals surface area contributed by atoms with Crippen LogP contribution in [0.5, 0.6) is 0 Å². The second-order valence-corrected chi connectivity index (χ2v) is 12.7. The van der Waals surface area contributed by atoms with Crippen LogP contribution < -0.4 is 9.62 Å². The van der Waals surface area contributed by atoms with Gasteiger partial charge in [-0.05, 0) is 66.8 Å². The van der Waals surface area contributed by atoms with E-state index in [2.05, 4.69) is 5.32 Å². The predicted molar refractivity (Wildman–Crippen MR) is 161 cm³/mol. The van der Waals surface area contributed by atoms with Crippen molar-refractivity contribution in [3.63, 3.8) is 0 Å². The summed E-state index contributed by atoms with van der Waals surface area (Å²) >= 11 is 12.4. The Labute approximate surface area is 247 Å². The molecular formula is C30H35Cl2N3O4S. The summed E-state index contributed by atoms with van der Waals surface area (Å²) in [7, 11) is -4.16. The summed E-state index contributed by atoms with van der Waals surface area (Å²) in [4.78, 5) is 28.8. The Kier molecular flexibility index (Phi) is 11.0. The van der Waals surface area contributed by atoms with E-state index < -0.39 is 28.5 Å². The van der Waals surface area contributed by atoms with E-state index in [1.54, 1.807) is 54.6 Å². The van der Waals surface area contributed by atoms with Crippen molar-refractivity contribution in [1.82, 2.24) is 10.2 Å². The molecule has 0 saturated heterocycles. The molecule has 40 heavy (non-hydrogen) atoms. The topological polar surface area (TPSA) is 86.8 Å². The summed E-state index contributed by atoms with van der Waals surface area (Å²) in [6.07, 6.45) is 0.338. The van der Waals surface area contributed by atoms with E-state index in [1.165, 1.54) is 23.1 Å². The van der Waals surface area contributed by atoms with Crippen LogP contribution in [-0.4, -0.2) is 44.3 Å². The lowest BCUT2D eigenvalue weighted by Gasteiger charge is -2.33. The van der Waals surface area contributed by atoms with E-state index in [4.69, 9.17) is 23.2 Å². The molecule has 7 nitrogen and oxygen atoms in total. The number of carbonyl (C=O) groups excluding carboxylic acids is 2. The zero-order valence-corrected chi connectivity index (χ0v) is 25.4. The maximum atomic E-state index is 14.1. The first kappa shape index (κ1) is 31.5. The quantitative estimate of drug-likeness (QED) is 0.272. The molecule has 3 aromatic rings. The lowest BCUT2D eigenvalue weighted by atomic mass is 10.1. The molecule has 0 aromatic heterocycles. The third-order valence-corrected chi connectivity index (χ3v) is 8.84. The molecule has 1 unspecified atom stereocenters. The van der Waals surface area contributed by atoms with E-state index >= 15 is 0 Å². The Hall–Kier alpha value is -3.07. The summed E-state index contributed by atoms with van der Waals surface area (Å²) in [6, 6.07) is 18.9. The first-order valence-corrected chi connectivity index (χ1v) is 15.3. The molecular weight excluding hydrogens is 569 g/mol. The van der Waals surface area contributed by atoms with Gasteiger partial charge in [0, 0.05) is 23.1 Å². The fourth-order valence-electron chi connectivity index (χ4n) is 4.11. The van der Waals surface area contributed by atoms with Crippen LogP contribution in [-0.2, 0) is 26.2 Å². The first-order valence-electron chi connectivity index (χ1n) is 13.1. The molecule has 0 aliphatic carbocycles. The SMILES string of the molecule is CCC(C(=O)NCC(C)C)N(Cc1ccc(Cl)cc1)C(=O)CN(c1ccc(C)c(Cl)c1)S(=O)(=O)c1ccccc1. The number of halogens is 2. The van der Waals surface area contributed by atoms with Crippen LogP contribution in [0.2, 0.25) is 10.0 Å². The zero-order chi connectivity index (χ0) is 29.4. The Morgan fingerprint density at radius 3 is 2.17 bits per heavy atom. The smallest absolute Gasteiger partial charge is 0.264 e. The number of hydrogen-bond donors (Lipinski definition) is 1. The van der Waals surface area contributed by atoms with Crippen molar-refractivity contribution in [2.45, 2.75) is 51.6 Å². The largest absolute Gasteiger partial charge is 0.354 e. The minimum absolute atomic E-state index is 0.0328. The molecule has 1 atom stereocenters. The van der Waals surface area contributed by atoms with Crippen LogP contribution in [0.25, 0.3) is 0 Å². The van der Waals surface area contributed by atoms with Crippen LogP contribution in [0, 0.1) is 12.8 Å². The second-order valence-electron chi connectivity index (χ2n) is 9.97. The van der Waals surface area contributed by atoms with Crippen molar-refractivity contribution in [3.05, 3.63) is 94.0 Å². The molecule has 2 amide bonds. The van der Waals surface area contributed by atoms with Crippen molar-refractivity contribution in [2.24, 2.45) is 5.92 Å². The van der Waals surface area contributed by atoms with Crippen molar-refractivity contribution in [1.29, 1.82) is 0 Å². The molecule has 10 heteroatoms. The van der Waals surface area contributed by atoms with Gasteiger partial charge in [-0.15, -0.1) is 0 Å². The minimum Gasteiger partial charge on any atom is -0.354 e. The van der Waals surface area contributed by atoms with Crippen LogP contribution in [0.4, 0.5) is 5.69 Å². The standard InChI is InChI=1S/C30H35Cl2N3O4S/c1-5-28(30(37)33-18-21(2)3)34(19-23-12-14-24(31)15-13-23)29(36)20-35(25-16-11-22(4)27(32)17-25)40(38,39)26-9-7-6-8-10-26/h6-17,21,28H,5,18-20H2,1-4H3,(H,33,37). The second kappa shape index (κ2) is 14.0. The van der Waals surface area contributed by atoms with Crippen LogP contribution in [0.15, 0.2) is 77.7 Å². The summed E-state index contributed by atoms with van der Waals surface area (Å²) in [5.41, 5.74) is 1.77. The molecule has 0 aliphatic heterocycles. The number of anilines is 1. The summed E-state index contributed by atoms with van der Waals surface area (Å²) in [6.45, 7) is 7.61. The predicted octanol–water partition coefficient (Wildman–Crippen LogP) is 6.08. The summed E-state index contributed by atoms with van der Waals surface area (Å²) in [5.74, 6) is -0.605. The van der Waals surface area contributed by atoms with E-state index in [0.717, 1.165) is 15.4 Å². The van der Waals surface area contributed by atoms with Gasteiger partial charge in [0.2, 0.25) is 11.8 Å². The molecule has 214 valence electrons. The van der Waals surface area contributed by atoms with Gasteiger partial charge < -0.3 is 10.2 Å². The van der Waals surface area contributed by atoms with Crippen LogP contribution >= 0.6 is 23.2 Å². The van der Waals surface area contributed by atoms with E-state index in [-0.39, 0.29) is 29.0 Å². The van der Waals surface area contributed by atoms with Gasteiger partial charge in [-0.25, -0.2) is 8.42 Å². The number of amides is 2. The highest BCUT2D eigenvalue weighted by molar-refractivity contribution is 7.92. The molecule has 3 aromatic carbocycles. The van der Waals surface area contributed by atoms with Crippen LogP contribution in [0.1, 0.15) is 38.3 Å². The number of nitrogens with zero attached hydrogens (tertiary/aromatic N) is 2. The first-order chi connectivity index (χ1) is 18.9. The van der Waals surface area contributed by atoms with Gasteiger partial charge in [0.05, 0.1) is 10.6 Å². The van der Waals surface area contributed by atoms with Gasteiger partial charge in [-0.3, -0.25) is 13.9 Å². The highest BCUT2D eigenvalue weighted by Gasteiger charge is 2.33. The normalized spacial score (nSPS) is 12.2. The van der Waals surface area contributed by atoms with E-state index in [0.29, 0.717) is 23.0 Å². The number of sulfonamides is 1. The average molecular weight is 605 g/mol. The third kappa shape index (κ3) is 7.99. The van der Waals surface area contributed by atoms with Crippen molar-refractivity contribution in [3.8, 4) is 0 Å². The molecule has 0 spiro atoms. The Bertz CT molecular complexity index is 1410. The lowest BCUT2D eigenvalue weighted by Crippen LogP contribution is -2.52. The van der Waals surface area contributed by atoms with Crippen molar-refractivity contribution < 1.29 is 18.0 Å². The molecule has 0 heterocycles.